The molecule has 0 bridgehead atoms. The van der Waals surface area contributed by atoms with Gasteiger partial charge in [0.05, 0.1) is 0 Å². The molecule has 0 aromatic carbocycles. The summed E-state index contributed by atoms with van der Waals surface area (Å²) >= 11 is 0. The Morgan fingerprint density at radius 1 is 1.33 bits per heavy atom. The Morgan fingerprint density at radius 2 is 1.89 bits per heavy atom. The number of pyridine rings is 1. The molecule has 1 rings (SSSR count). The van der Waals surface area contributed by atoms with Crippen molar-refractivity contribution in [2.75, 3.05) is 0 Å². The van der Waals surface area contributed by atoms with Crippen LogP contribution in [0.2, 0.25) is 0 Å². The molecule has 0 fully saturated rings. The van der Waals surface area contributed by atoms with Crippen molar-refractivity contribution in [3.8, 4) is 0 Å². The summed E-state index contributed by atoms with van der Waals surface area (Å²) < 4.78 is 0. The van der Waals surface area contributed by atoms with Crippen LogP contribution in [0.4, 0.5) is 0 Å². The lowest BCUT2D eigenvalue weighted by Gasteiger charge is -2.25. The van der Waals surface area contributed by atoms with Crippen LogP contribution in [-0.4, -0.2) is 22.0 Å². The highest BCUT2D eigenvalue weighted by Crippen LogP contribution is 2.26. The lowest BCUT2D eigenvalue weighted by atomic mass is 9.80. The monoisotopic (exact) mass is 250 g/mol. The van der Waals surface area contributed by atoms with Gasteiger partial charge in [-0.1, -0.05) is 20.8 Å². The smallest absolute Gasteiger partial charge is 0.316 e. The number of carbonyl (C=O) groups is 2. The summed E-state index contributed by atoms with van der Waals surface area (Å²) in [4.78, 5) is 26.9. The average Bonchev–Trinajstić information content (AvgIpc) is 2.25. The van der Waals surface area contributed by atoms with Gasteiger partial charge in [-0.25, -0.2) is 0 Å². The maximum Gasteiger partial charge on any atom is 0.316 e. The lowest BCUT2D eigenvalue weighted by Crippen LogP contribution is -2.42. The van der Waals surface area contributed by atoms with E-state index in [9.17, 15) is 9.59 Å². The van der Waals surface area contributed by atoms with Crippen LogP contribution >= 0.6 is 0 Å². The minimum absolute atomic E-state index is 0.307. The van der Waals surface area contributed by atoms with E-state index in [4.69, 9.17) is 5.11 Å². The van der Waals surface area contributed by atoms with Crippen LogP contribution in [0.3, 0.4) is 0 Å². The number of carbonyl (C=O) groups excluding carboxylic acids is 1. The van der Waals surface area contributed by atoms with Crippen molar-refractivity contribution in [3.05, 3.63) is 30.1 Å². The Bertz CT molecular complexity index is 424. The molecule has 1 aromatic rings. The number of hydrogen-bond donors (Lipinski definition) is 2. The zero-order valence-electron chi connectivity index (χ0n) is 10.8. The Balaban J connectivity index is 2.67. The largest absolute Gasteiger partial charge is 0.481 e. The highest BCUT2D eigenvalue weighted by atomic mass is 16.4. The predicted octanol–water partition coefficient (Wildman–Crippen LogP) is 1.44. The number of aliphatic carboxylic acids is 1. The van der Waals surface area contributed by atoms with Gasteiger partial charge in [-0.3, -0.25) is 14.6 Å². The fraction of sp³-hybridized carbons (Fsp3) is 0.462. The zero-order chi connectivity index (χ0) is 13.8. The highest BCUT2D eigenvalue weighted by Gasteiger charge is 2.37. The van der Waals surface area contributed by atoms with Crippen LogP contribution in [0, 0.1) is 11.3 Å². The summed E-state index contributed by atoms with van der Waals surface area (Å²) in [5.74, 6) is -2.62. The van der Waals surface area contributed by atoms with Crippen LogP contribution in [0.25, 0.3) is 0 Å². The van der Waals surface area contributed by atoms with Crippen molar-refractivity contribution >= 4 is 11.9 Å². The lowest BCUT2D eigenvalue weighted by molar-refractivity contribution is -0.151. The van der Waals surface area contributed by atoms with Gasteiger partial charge in [-0.15, -0.1) is 0 Å². The molecule has 1 heterocycles. The third-order valence-corrected chi connectivity index (χ3v) is 2.59. The van der Waals surface area contributed by atoms with E-state index >= 15 is 0 Å². The van der Waals surface area contributed by atoms with E-state index < -0.39 is 23.2 Å². The van der Waals surface area contributed by atoms with Crippen LogP contribution in [0.15, 0.2) is 24.5 Å². The fourth-order valence-electron chi connectivity index (χ4n) is 1.67. The quantitative estimate of drug-likeness (QED) is 0.792. The molecule has 0 aliphatic rings. The van der Waals surface area contributed by atoms with Crippen molar-refractivity contribution in [2.45, 2.75) is 27.3 Å². The normalized spacial score (nSPS) is 12.8. The molecule has 0 aliphatic carbocycles. The number of nitrogens with one attached hydrogen (secondary N) is 1. The van der Waals surface area contributed by atoms with Crippen LogP contribution in [0.1, 0.15) is 26.3 Å². The summed E-state index contributed by atoms with van der Waals surface area (Å²) in [7, 11) is 0. The summed E-state index contributed by atoms with van der Waals surface area (Å²) in [5.41, 5.74) is 0.269. The first-order chi connectivity index (χ1) is 8.32. The van der Waals surface area contributed by atoms with E-state index in [-0.39, 0.29) is 0 Å². The maximum absolute atomic E-state index is 11.9. The molecular weight excluding hydrogens is 232 g/mol. The molecule has 18 heavy (non-hydrogen) atoms. The standard InChI is InChI=1S/C13H18N2O3/c1-13(2,3)10(12(17)18)11(16)15-8-9-4-6-14-7-5-9/h4-7,10H,8H2,1-3H3,(H,15,16)(H,17,18). The van der Waals surface area contributed by atoms with Gasteiger partial charge in [0.25, 0.3) is 0 Å². The molecule has 1 amide bonds. The predicted molar refractivity (Wildman–Crippen MR) is 66.7 cm³/mol. The number of rotatable bonds is 4. The molecule has 5 heteroatoms. The third-order valence-electron chi connectivity index (χ3n) is 2.59. The van der Waals surface area contributed by atoms with Gasteiger partial charge in [0.2, 0.25) is 5.91 Å². The highest BCUT2D eigenvalue weighted by molar-refractivity contribution is 5.97. The Hall–Kier alpha value is -1.91. The maximum atomic E-state index is 11.9. The van der Waals surface area contributed by atoms with E-state index in [2.05, 4.69) is 10.3 Å². The number of carboxylic acid groups (broad SMARTS) is 1. The second-order valence-corrected chi connectivity index (χ2v) is 5.21. The summed E-state index contributed by atoms with van der Waals surface area (Å²) in [6.45, 7) is 5.51. The van der Waals surface area contributed by atoms with Crippen molar-refractivity contribution < 1.29 is 14.7 Å². The summed E-state index contributed by atoms with van der Waals surface area (Å²) in [5, 5.41) is 11.7. The molecule has 0 saturated heterocycles. The number of hydrogen-bond acceptors (Lipinski definition) is 3. The molecule has 0 radical (unpaired) electrons. The molecule has 98 valence electrons. The second kappa shape index (κ2) is 5.62. The van der Waals surface area contributed by atoms with E-state index in [0.29, 0.717) is 6.54 Å². The van der Waals surface area contributed by atoms with Gasteiger partial charge in [0.1, 0.15) is 5.92 Å². The molecule has 0 spiro atoms. The van der Waals surface area contributed by atoms with E-state index in [0.717, 1.165) is 5.56 Å². The van der Waals surface area contributed by atoms with Crippen LogP contribution in [0.5, 0.6) is 0 Å². The van der Waals surface area contributed by atoms with Crippen molar-refractivity contribution in [1.29, 1.82) is 0 Å². The van der Waals surface area contributed by atoms with Gasteiger partial charge in [0, 0.05) is 18.9 Å². The molecule has 5 nitrogen and oxygen atoms in total. The number of carboxylic acids is 1. The van der Waals surface area contributed by atoms with E-state index in [1.165, 1.54) is 0 Å². The Morgan fingerprint density at radius 3 is 2.33 bits per heavy atom. The average molecular weight is 250 g/mol. The van der Waals surface area contributed by atoms with Gasteiger partial charge in [-0.05, 0) is 23.1 Å². The fourth-order valence-corrected chi connectivity index (χ4v) is 1.67. The van der Waals surface area contributed by atoms with Gasteiger partial charge < -0.3 is 10.4 Å². The Labute approximate surface area is 106 Å². The molecule has 1 aromatic heterocycles. The molecule has 0 saturated carbocycles. The first-order valence-corrected chi connectivity index (χ1v) is 5.72. The van der Waals surface area contributed by atoms with Crippen LogP contribution < -0.4 is 5.32 Å². The Kier molecular flexibility index (Phi) is 4.42. The van der Waals surface area contributed by atoms with Crippen molar-refractivity contribution in [3.63, 3.8) is 0 Å². The molecular formula is C13H18N2O3. The number of nitrogens with zero attached hydrogens (tertiary/aromatic N) is 1. The number of amides is 1. The molecule has 0 aliphatic heterocycles. The topological polar surface area (TPSA) is 79.3 Å². The zero-order valence-corrected chi connectivity index (χ0v) is 10.8. The van der Waals surface area contributed by atoms with Crippen LogP contribution in [-0.2, 0) is 16.1 Å². The van der Waals surface area contributed by atoms with Gasteiger partial charge in [-0.2, -0.15) is 0 Å². The van der Waals surface area contributed by atoms with Gasteiger partial charge >= 0.3 is 5.97 Å². The molecule has 1 unspecified atom stereocenters. The summed E-state index contributed by atoms with van der Waals surface area (Å²) in [6.07, 6.45) is 3.25. The minimum atomic E-state index is -1.10. The van der Waals surface area contributed by atoms with Gasteiger partial charge in [0.15, 0.2) is 0 Å². The first-order valence-electron chi connectivity index (χ1n) is 5.72. The van der Waals surface area contributed by atoms with Crippen molar-refractivity contribution in [2.24, 2.45) is 11.3 Å². The molecule has 1 atom stereocenters. The first kappa shape index (κ1) is 14.2. The van der Waals surface area contributed by atoms with Crippen molar-refractivity contribution in [1.82, 2.24) is 10.3 Å². The molecule has 2 N–H and O–H groups in total. The number of aromatic nitrogens is 1. The third kappa shape index (κ3) is 3.84. The van der Waals surface area contributed by atoms with E-state index in [1.54, 1.807) is 45.3 Å². The second-order valence-electron chi connectivity index (χ2n) is 5.21. The minimum Gasteiger partial charge on any atom is -0.481 e. The van der Waals surface area contributed by atoms with E-state index in [1.807, 2.05) is 0 Å². The SMILES string of the molecule is CC(C)(C)C(C(=O)O)C(=O)NCc1ccncc1. The summed E-state index contributed by atoms with van der Waals surface area (Å²) in [6, 6.07) is 3.54.